The van der Waals surface area contributed by atoms with Crippen molar-refractivity contribution in [3.8, 4) is 0 Å². The number of hydrogen-bond acceptors (Lipinski definition) is 2. The fraction of sp³-hybridized carbons (Fsp3) is 0.364. The van der Waals surface area contributed by atoms with Crippen molar-refractivity contribution in [1.82, 2.24) is 14.7 Å². The summed E-state index contributed by atoms with van der Waals surface area (Å²) in [6, 6.07) is 4.15. The first-order valence-electron chi connectivity index (χ1n) is 4.81. The summed E-state index contributed by atoms with van der Waals surface area (Å²) < 4.78 is 2.15. The normalized spacial score (nSPS) is 11.1. The van der Waals surface area contributed by atoms with E-state index >= 15 is 0 Å². The predicted octanol–water partition coefficient (Wildman–Crippen LogP) is 1.67. The second-order valence-electron chi connectivity index (χ2n) is 3.61. The Bertz CT molecular complexity index is 457. The molecule has 0 aliphatic heterocycles. The van der Waals surface area contributed by atoms with Gasteiger partial charge in [-0.1, -0.05) is 6.07 Å². The molecule has 0 unspecified atom stereocenters. The SMILES string of the molecule is CNCc1c(C)nc2ccc(C)cn12. The van der Waals surface area contributed by atoms with Crippen LogP contribution in [0.25, 0.3) is 5.65 Å². The molecule has 0 saturated heterocycles. The van der Waals surface area contributed by atoms with Crippen molar-refractivity contribution in [2.24, 2.45) is 0 Å². The van der Waals surface area contributed by atoms with E-state index in [1.54, 1.807) is 0 Å². The van der Waals surface area contributed by atoms with Gasteiger partial charge >= 0.3 is 0 Å². The zero-order chi connectivity index (χ0) is 10.1. The van der Waals surface area contributed by atoms with Gasteiger partial charge in [0.25, 0.3) is 0 Å². The molecule has 2 aromatic heterocycles. The van der Waals surface area contributed by atoms with E-state index in [0.29, 0.717) is 0 Å². The van der Waals surface area contributed by atoms with E-state index in [0.717, 1.165) is 17.9 Å². The van der Waals surface area contributed by atoms with Crippen molar-refractivity contribution in [1.29, 1.82) is 0 Å². The van der Waals surface area contributed by atoms with Gasteiger partial charge in [0.2, 0.25) is 0 Å². The molecule has 0 spiro atoms. The molecule has 0 bridgehead atoms. The molecule has 3 nitrogen and oxygen atoms in total. The Morgan fingerprint density at radius 1 is 1.36 bits per heavy atom. The molecule has 2 aromatic rings. The van der Waals surface area contributed by atoms with Crippen LogP contribution in [0.3, 0.4) is 0 Å². The van der Waals surface area contributed by atoms with Crippen LogP contribution < -0.4 is 5.32 Å². The summed E-state index contributed by atoms with van der Waals surface area (Å²) in [5.41, 5.74) is 4.63. The van der Waals surface area contributed by atoms with Crippen molar-refractivity contribution in [3.05, 3.63) is 35.3 Å². The molecule has 0 aromatic carbocycles. The second kappa shape index (κ2) is 3.42. The fourth-order valence-electron chi connectivity index (χ4n) is 1.70. The Labute approximate surface area is 83.8 Å². The van der Waals surface area contributed by atoms with Crippen LogP contribution in [0.5, 0.6) is 0 Å². The second-order valence-corrected chi connectivity index (χ2v) is 3.61. The minimum atomic E-state index is 0.858. The predicted molar refractivity (Wildman–Crippen MR) is 57.4 cm³/mol. The number of nitrogens with zero attached hydrogens (tertiary/aromatic N) is 2. The van der Waals surface area contributed by atoms with Crippen LogP contribution >= 0.6 is 0 Å². The van der Waals surface area contributed by atoms with Gasteiger partial charge in [-0.25, -0.2) is 4.98 Å². The van der Waals surface area contributed by atoms with Gasteiger partial charge in [-0.15, -0.1) is 0 Å². The summed E-state index contributed by atoms with van der Waals surface area (Å²) in [7, 11) is 1.95. The molecule has 2 rings (SSSR count). The maximum Gasteiger partial charge on any atom is 0.137 e. The first kappa shape index (κ1) is 9.21. The van der Waals surface area contributed by atoms with Crippen LogP contribution in [-0.2, 0) is 6.54 Å². The molecule has 1 N–H and O–H groups in total. The fourth-order valence-corrected chi connectivity index (χ4v) is 1.70. The highest BCUT2D eigenvalue weighted by Crippen LogP contribution is 2.12. The standard InChI is InChI=1S/C11H15N3/c1-8-4-5-11-13-9(2)10(6-12-3)14(11)7-8/h4-5,7,12H,6H2,1-3H3. The number of aromatic nitrogens is 2. The molecular formula is C11H15N3. The van der Waals surface area contributed by atoms with Crippen LogP contribution in [0.4, 0.5) is 0 Å². The average molecular weight is 189 g/mol. The minimum absolute atomic E-state index is 0.858. The van der Waals surface area contributed by atoms with E-state index in [-0.39, 0.29) is 0 Å². The minimum Gasteiger partial charge on any atom is -0.314 e. The van der Waals surface area contributed by atoms with Crippen molar-refractivity contribution < 1.29 is 0 Å². The molecule has 3 heteroatoms. The Balaban J connectivity index is 2.66. The zero-order valence-electron chi connectivity index (χ0n) is 8.83. The van der Waals surface area contributed by atoms with E-state index in [2.05, 4.69) is 46.9 Å². The van der Waals surface area contributed by atoms with E-state index in [9.17, 15) is 0 Å². The first-order chi connectivity index (χ1) is 6.72. The molecule has 0 aliphatic carbocycles. The highest BCUT2D eigenvalue weighted by atomic mass is 15.0. The summed E-state index contributed by atoms with van der Waals surface area (Å²) in [6.07, 6.45) is 2.13. The quantitative estimate of drug-likeness (QED) is 0.778. The molecule has 0 saturated carbocycles. The first-order valence-corrected chi connectivity index (χ1v) is 4.81. The number of nitrogens with one attached hydrogen (secondary N) is 1. The van der Waals surface area contributed by atoms with Gasteiger partial charge < -0.3 is 9.72 Å². The summed E-state index contributed by atoms with van der Waals surface area (Å²) in [5.74, 6) is 0. The number of fused-ring (bicyclic) bond motifs is 1. The smallest absolute Gasteiger partial charge is 0.137 e. The Hall–Kier alpha value is -1.35. The molecule has 0 amide bonds. The lowest BCUT2D eigenvalue weighted by Gasteiger charge is -2.02. The topological polar surface area (TPSA) is 29.3 Å². The molecular weight excluding hydrogens is 174 g/mol. The molecule has 0 atom stereocenters. The van der Waals surface area contributed by atoms with Gasteiger partial charge in [0.1, 0.15) is 5.65 Å². The van der Waals surface area contributed by atoms with Crippen LogP contribution in [0.15, 0.2) is 18.3 Å². The van der Waals surface area contributed by atoms with Crippen LogP contribution in [0.2, 0.25) is 0 Å². The van der Waals surface area contributed by atoms with Crippen molar-refractivity contribution in [2.45, 2.75) is 20.4 Å². The zero-order valence-corrected chi connectivity index (χ0v) is 8.83. The van der Waals surface area contributed by atoms with Gasteiger partial charge in [0.15, 0.2) is 0 Å². The van der Waals surface area contributed by atoms with Gasteiger partial charge in [-0.05, 0) is 32.5 Å². The molecule has 14 heavy (non-hydrogen) atoms. The molecule has 2 heterocycles. The van der Waals surface area contributed by atoms with Crippen LogP contribution in [0.1, 0.15) is 17.0 Å². The molecule has 0 aliphatic rings. The van der Waals surface area contributed by atoms with Crippen molar-refractivity contribution >= 4 is 5.65 Å². The summed E-state index contributed by atoms with van der Waals surface area (Å²) in [5, 5.41) is 3.16. The number of imidazole rings is 1. The largest absolute Gasteiger partial charge is 0.314 e. The van der Waals surface area contributed by atoms with E-state index in [1.165, 1.54) is 11.3 Å². The summed E-state index contributed by atoms with van der Waals surface area (Å²) >= 11 is 0. The van der Waals surface area contributed by atoms with Gasteiger partial charge in [-0.2, -0.15) is 0 Å². The Morgan fingerprint density at radius 2 is 2.14 bits per heavy atom. The lowest BCUT2D eigenvalue weighted by molar-refractivity contribution is 0.775. The van der Waals surface area contributed by atoms with Crippen LogP contribution in [0, 0.1) is 13.8 Å². The third kappa shape index (κ3) is 1.40. The number of rotatable bonds is 2. The molecule has 0 radical (unpaired) electrons. The van der Waals surface area contributed by atoms with E-state index in [4.69, 9.17) is 0 Å². The van der Waals surface area contributed by atoms with E-state index < -0.39 is 0 Å². The lowest BCUT2D eigenvalue weighted by atomic mass is 10.3. The number of pyridine rings is 1. The molecule has 0 fully saturated rings. The monoisotopic (exact) mass is 189 g/mol. The summed E-state index contributed by atoms with van der Waals surface area (Å²) in [6.45, 7) is 5.00. The third-order valence-corrected chi connectivity index (χ3v) is 2.41. The van der Waals surface area contributed by atoms with Gasteiger partial charge in [-0.3, -0.25) is 0 Å². The summed E-state index contributed by atoms with van der Waals surface area (Å²) in [4.78, 5) is 4.50. The van der Waals surface area contributed by atoms with Crippen molar-refractivity contribution in [2.75, 3.05) is 7.05 Å². The number of hydrogen-bond donors (Lipinski definition) is 1. The van der Waals surface area contributed by atoms with Crippen molar-refractivity contribution in [3.63, 3.8) is 0 Å². The van der Waals surface area contributed by atoms with Gasteiger partial charge in [0, 0.05) is 12.7 Å². The maximum absolute atomic E-state index is 4.50. The Morgan fingerprint density at radius 3 is 2.86 bits per heavy atom. The highest BCUT2D eigenvalue weighted by molar-refractivity contribution is 5.44. The number of aryl methyl sites for hydroxylation is 2. The van der Waals surface area contributed by atoms with Gasteiger partial charge in [0.05, 0.1) is 11.4 Å². The van der Waals surface area contributed by atoms with E-state index in [1.807, 2.05) is 7.05 Å². The highest BCUT2D eigenvalue weighted by Gasteiger charge is 2.06. The Kier molecular flexibility index (Phi) is 2.25. The maximum atomic E-state index is 4.50. The molecule has 74 valence electrons. The third-order valence-electron chi connectivity index (χ3n) is 2.41. The van der Waals surface area contributed by atoms with Crippen LogP contribution in [-0.4, -0.2) is 16.4 Å². The average Bonchev–Trinajstić information content (AvgIpc) is 2.45. The lowest BCUT2D eigenvalue weighted by Crippen LogP contribution is -2.08.